The zero-order chi connectivity index (χ0) is 14.9. The first-order chi connectivity index (χ1) is 10.1. The van der Waals surface area contributed by atoms with Gasteiger partial charge in [-0.2, -0.15) is 13.2 Å². The van der Waals surface area contributed by atoms with Gasteiger partial charge in [-0.15, -0.1) is 0 Å². The maximum atomic E-state index is 12.9. The van der Waals surface area contributed by atoms with Gasteiger partial charge in [0.25, 0.3) is 0 Å². The monoisotopic (exact) mass is 291 g/mol. The number of aliphatic imine (C=N–C) groups is 1. The highest BCUT2D eigenvalue weighted by atomic mass is 19.4. The molecule has 0 saturated carbocycles. The molecule has 0 aliphatic carbocycles. The number of hydrogen-bond donors (Lipinski definition) is 1. The number of hydrogen-bond acceptors (Lipinski definition) is 3. The van der Waals surface area contributed by atoms with E-state index in [2.05, 4.69) is 10.4 Å². The molecule has 3 nitrogen and oxygen atoms in total. The topological polar surface area (TPSA) is 27.6 Å². The second-order valence-electron chi connectivity index (χ2n) is 4.58. The molecule has 1 aliphatic heterocycles. The normalized spacial score (nSPS) is 18.3. The number of nitrogens with zero attached hydrogens (tertiary/aromatic N) is 2. The molecule has 1 N–H and O–H groups in total. The van der Waals surface area contributed by atoms with Crippen molar-refractivity contribution < 1.29 is 13.2 Å². The van der Waals surface area contributed by atoms with E-state index in [0.717, 1.165) is 0 Å². The molecule has 108 valence electrons. The van der Waals surface area contributed by atoms with E-state index in [-0.39, 0.29) is 0 Å². The Bertz CT molecular complexity index is 638. The quantitative estimate of drug-likeness (QED) is 0.914. The van der Waals surface area contributed by atoms with Crippen molar-refractivity contribution in [2.45, 2.75) is 12.3 Å². The lowest BCUT2D eigenvalue weighted by atomic mass is 10.1. The van der Waals surface area contributed by atoms with Gasteiger partial charge in [0.2, 0.25) is 5.84 Å². The molecule has 1 atom stereocenters. The minimum atomic E-state index is -4.50. The Morgan fingerprint density at radius 1 is 0.905 bits per heavy atom. The largest absolute Gasteiger partial charge is 0.450 e. The minimum absolute atomic E-state index is 0.620. The SMILES string of the molecule is FC(F)(F)C1=NC(c2ccccc2)N(c2ccccc2)N1. The Labute approximate surface area is 119 Å². The molecule has 1 unspecified atom stereocenters. The Morgan fingerprint density at radius 3 is 2.05 bits per heavy atom. The predicted molar refractivity (Wildman–Crippen MR) is 74.7 cm³/mol. The summed E-state index contributed by atoms with van der Waals surface area (Å²) in [6, 6.07) is 17.7. The Hall–Kier alpha value is -2.50. The van der Waals surface area contributed by atoms with Gasteiger partial charge in [0.15, 0.2) is 6.17 Å². The molecular weight excluding hydrogens is 279 g/mol. The van der Waals surface area contributed by atoms with Crippen molar-refractivity contribution >= 4 is 11.5 Å². The van der Waals surface area contributed by atoms with Crippen LogP contribution >= 0.6 is 0 Å². The van der Waals surface area contributed by atoms with Crippen molar-refractivity contribution in [1.29, 1.82) is 0 Å². The number of para-hydroxylation sites is 1. The Balaban J connectivity index is 2.00. The summed E-state index contributed by atoms with van der Waals surface area (Å²) >= 11 is 0. The van der Waals surface area contributed by atoms with Gasteiger partial charge in [0.05, 0.1) is 5.69 Å². The van der Waals surface area contributed by atoms with Gasteiger partial charge in [-0.3, -0.25) is 10.4 Å². The van der Waals surface area contributed by atoms with Crippen molar-refractivity contribution in [3.8, 4) is 0 Å². The summed E-state index contributed by atoms with van der Waals surface area (Å²) in [6.07, 6.45) is -5.25. The van der Waals surface area contributed by atoms with E-state index in [1.54, 1.807) is 48.5 Å². The summed E-state index contributed by atoms with van der Waals surface area (Å²) in [5, 5.41) is 1.41. The lowest BCUT2D eigenvalue weighted by Crippen LogP contribution is -2.43. The van der Waals surface area contributed by atoms with E-state index in [1.807, 2.05) is 12.1 Å². The first-order valence-corrected chi connectivity index (χ1v) is 6.36. The highest BCUT2D eigenvalue weighted by molar-refractivity contribution is 5.91. The summed E-state index contributed by atoms with van der Waals surface area (Å²) < 4.78 is 38.8. The number of halogens is 3. The summed E-state index contributed by atoms with van der Waals surface area (Å²) in [7, 11) is 0. The van der Waals surface area contributed by atoms with Crippen LogP contribution in [-0.4, -0.2) is 12.0 Å². The van der Waals surface area contributed by atoms with Gasteiger partial charge in [-0.25, -0.2) is 4.99 Å². The summed E-state index contributed by atoms with van der Waals surface area (Å²) in [5.41, 5.74) is 3.66. The van der Waals surface area contributed by atoms with E-state index in [4.69, 9.17) is 0 Å². The average Bonchev–Trinajstić information content (AvgIpc) is 2.94. The summed E-state index contributed by atoms with van der Waals surface area (Å²) in [5.74, 6) is -0.986. The molecule has 0 amide bonds. The zero-order valence-corrected chi connectivity index (χ0v) is 10.9. The van der Waals surface area contributed by atoms with Gasteiger partial charge >= 0.3 is 6.18 Å². The fourth-order valence-corrected chi connectivity index (χ4v) is 2.16. The number of hydrazine groups is 1. The van der Waals surface area contributed by atoms with Crippen LogP contribution in [0.4, 0.5) is 18.9 Å². The van der Waals surface area contributed by atoms with Crippen molar-refractivity contribution in [2.24, 2.45) is 4.99 Å². The Kier molecular flexibility index (Phi) is 3.29. The van der Waals surface area contributed by atoms with Crippen LogP contribution in [0.2, 0.25) is 0 Å². The molecule has 6 heteroatoms. The molecule has 0 saturated heterocycles. The highest BCUT2D eigenvalue weighted by Gasteiger charge is 2.43. The molecule has 1 aliphatic rings. The number of anilines is 1. The van der Waals surface area contributed by atoms with Gasteiger partial charge < -0.3 is 0 Å². The number of rotatable bonds is 2. The van der Waals surface area contributed by atoms with Crippen molar-refractivity contribution in [3.05, 3.63) is 66.2 Å². The first-order valence-electron chi connectivity index (χ1n) is 6.36. The van der Waals surface area contributed by atoms with E-state index in [1.165, 1.54) is 5.01 Å². The third kappa shape index (κ3) is 2.69. The molecule has 2 aromatic carbocycles. The zero-order valence-electron chi connectivity index (χ0n) is 10.9. The smallest absolute Gasteiger partial charge is 0.275 e. The molecule has 0 radical (unpaired) electrons. The molecule has 0 spiro atoms. The molecule has 1 heterocycles. The lowest BCUT2D eigenvalue weighted by Gasteiger charge is -2.25. The molecule has 2 aromatic rings. The number of alkyl halides is 3. The third-order valence-electron chi connectivity index (χ3n) is 3.12. The molecular formula is C15H12F3N3. The van der Waals surface area contributed by atoms with E-state index in [0.29, 0.717) is 11.3 Å². The van der Waals surface area contributed by atoms with Crippen LogP contribution in [0.5, 0.6) is 0 Å². The molecule has 0 fully saturated rings. The van der Waals surface area contributed by atoms with Gasteiger partial charge in [0.1, 0.15) is 0 Å². The lowest BCUT2D eigenvalue weighted by molar-refractivity contribution is -0.0612. The molecule has 21 heavy (non-hydrogen) atoms. The van der Waals surface area contributed by atoms with Gasteiger partial charge in [0, 0.05) is 0 Å². The van der Waals surface area contributed by atoms with Gasteiger partial charge in [-0.1, -0.05) is 48.5 Å². The second-order valence-corrected chi connectivity index (χ2v) is 4.58. The van der Waals surface area contributed by atoms with Crippen molar-refractivity contribution in [1.82, 2.24) is 5.43 Å². The molecule has 0 aromatic heterocycles. The van der Waals surface area contributed by atoms with E-state index >= 15 is 0 Å². The number of nitrogens with one attached hydrogen (secondary N) is 1. The molecule has 0 bridgehead atoms. The first kappa shape index (κ1) is 13.5. The number of benzene rings is 2. The Morgan fingerprint density at radius 2 is 1.48 bits per heavy atom. The minimum Gasteiger partial charge on any atom is -0.275 e. The third-order valence-corrected chi connectivity index (χ3v) is 3.12. The van der Waals surface area contributed by atoms with E-state index < -0.39 is 18.2 Å². The summed E-state index contributed by atoms with van der Waals surface area (Å²) in [4.78, 5) is 3.79. The number of amidine groups is 1. The van der Waals surface area contributed by atoms with Crippen molar-refractivity contribution in [3.63, 3.8) is 0 Å². The van der Waals surface area contributed by atoms with E-state index in [9.17, 15) is 13.2 Å². The summed E-state index contributed by atoms with van der Waals surface area (Å²) in [6.45, 7) is 0. The maximum absolute atomic E-state index is 12.9. The van der Waals surface area contributed by atoms with Crippen LogP contribution in [0.15, 0.2) is 65.7 Å². The van der Waals surface area contributed by atoms with Crippen molar-refractivity contribution in [2.75, 3.05) is 5.01 Å². The van der Waals surface area contributed by atoms with Gasteiger partial charge in [-0.05, 0) is 17.7 Å². The highest BCUT2D eigenvalue weighted by Crippen LogP contribution is 2.33. The second kappa shape index (κ2) is 5.12. The van der Waals surface area contributed by atoms with Crippen LogP contribution in [0, 0.1) is 0 Å². The molecule has 3 rings (SSSR count). The fraction of sp³-hybridized carbons (Fsp3) is 0.133. The van der Waals surface area contributed by atoms with Crippen LogP contribution < -0.4 is 10.4 Å². The van der Waals surface area contributed by atoms with Crippen LogP contribution in [0.3, 0.4) is 0 Å². The van der Waals surface area contributed by atoms with Crippen LogP contribution in [0.1, 0.15) is 11.7 Å². The van der Waals surface area contributed by atoms with Crippen LogP contribution in [-0.2, 0) is 0 Å². The fourth-order valence-electron chi connectivity index (χ4n) is 2.16. The van der Waals surface area contributed by atoms with Crippen LogP contribution in [0.25, 0.3) is 0 Å². The standard InChI is InChI=1S/C15H12F3N3/c16-15(17,18)14-19-13(11-7-3-1-4-8-11)21(20-14)12-9-5-2-6-10-12/h1-10,13H,(H,19,20). The maximum Gasteiger partial charge on any atom is 0.450 e. The predicted octanol–water partition coefficient (Wildman–Crippen LogP) is 3.67. The average molecular weight is 291 g/mol.